The monoisotopic (exact) mass is 294 g/mol. The molecule has 0 bridgehead atoms. The standard InChI is InChI=1S/C14H18N2O3S/c1-20-11-5-3-10(4-6-11)16-13(17)9-2-7-12(14(18)19)15-8-9/h2,7-8,10-11H,3-6H2,1H3,(H,16,17)(H,18,19). The zero-order valence-corrected chi connectivity index (χ0v) is 12.2. The van der Waals surface area contributed by atoms with Gasteiger partial charge < -0.3 is 10.4 Å². The summed E-state index contributed by atoms with van der Waals surface area (Å²) in [5.41, 5.74) is 0.351. The van der Waals surface area contributed by atoms with Crippen LogP contribution in [-0.2, 0) is 0 Å². The third-order valence-corrected chi connectivity index (χ3v) is 4.73. The van der Waals surface area contributed by atoms with E-state index in [-0.39, 0.29) is 17.6 Å². The number of rotatable bonds is 4. The molecule has 0 unspecified atom stereocenters. The molecule has 2 N–H and O–H groups in total. The van der Waals surface area contributed by atoms with Crippen LogP contribution in [0.5, 0.6) is 0 Å². The van der Waals surface area contributed by atoms with E-state index in [9.17, 15) is 9.59 Å². The molecule has 1 amide bonds. The van der Waals surface area contributed by atoms with Crippen LogP contribution in [0.4, 0.5) is 0 Å². The minimum atomic E-state index is -1.09. The van der Waals surface area contributed by atoms with Gasteiger partial charge in [0.1, 0.15) is 5.69 Å². The molecule has 2 rings (SSSR count). The van der Waals surface area contributed by atoms with Gasteiger partial charge in [0.15, 0.2) is 0 Å². The predicted molar refractivity (Wildman–Crippen MR) is 78.2 cm³/mol. The maximum Gasteiger partial charge on any atom is 0.354 e. The van der Waals surface area contributed by atoms with Gasteiger partial charge >= 0.3 is 5.97 Å². The molecule has 1 aromatic heterocycles. The van der Waals surface area contributed by atoms with Crippen LogP contribution in [0.2, 0.25) is 0 Å². The van der Waals surface area contributed by atoms with Crippen molar-refractivity contribution in [2.75, 3.05) is 6.26 Å². The number of nitrogens with zero attached hydrogens (tertiary/aromatic N) is 1. The Kier molecular flexibility index (Phi) is 5.00. The molecule has 1 heterocycles. The molecule has 6 heteroatoms. The summed E-state index contributed by atoms with van der Waals surface area (Å²) in [4.78, 5) is 26.5. The fourth-order valence-electron chi connectivity index (χ4n) is 2.37. The lowest BCUT2D eigenvalue weighted by molar-refractivity contribution is 0.0689. The number of pyridine rings is 1. The van der Waals surface area contributed by atoms with Crippen LogP contribution in [0.15, 0.2) is 18.3 Å². The number of carbonyl (C=O) groups excluding carboxylic acids is 1. The molecule has 0 spiro atoms. The van der Waals surface area contributed by atoms with Crippen molar-refractivity contribution in [2.45, 2.75) is 37.0 Å². The smallest absolute Gasteiger partial charge is 0.354 e. The number of carbonyl (C=O) groups is 2. The molecule has 0 radical (unpaired) electrons. The van der Waals surface area contributed by atoms with Crippen LogP contribution < -0.4 is 5.32 Å². The highest BCUT2D eigenvalue weighted by Gasteiger charge is 2.22. The first-order valence-corrected chi connectivity index (χ1v) is 7.92. The van der Waals surface area contributed by atoms with Gasteiger partial charge in [-0.3, -0.25) is 4.79 Å². The van der Waals surface area contributed by atoms with Crippen LogP contribution in [0.1, 0.15) is 46.5 Å². The third-order valence-electron chi connectivity index (χ3n) is 3.59. The number of amides is 1. The Labute approximate surface area is 122 Å². The zero-order valence-electron chi connectivity index (χ0n) is 11.3. The molecule has 5 nitrogen and oxygen atoms in total. The molecular weight excluding hydrogens is 276 g/mol. The summed E-state index contributed by atoms with van der Waals surface area (Å²) in [6.07, 6.45) is 7.69. The summed E-state index contributed by atoms with van der Waals surface area (Å²) in [5, 5.41) is 12.5. The Hall–Kier alpha value is -1.56. The lowest BCUT2D eigenvalue weighted by atomic mass is 9.95. The van der Waals surface area contributed by atoms with Gasteiger partial charge in [-0.1, -0.05) is 0 Å². The highest BCUT2D eigenvalue weighted by atomic mass is 32.2. The van der Waals surface area contributed by atoms with Crippen molar-refractivity contribution >= 4 is 23.6 Å². The van der Waals surface area contributed by atoms with E-state index in [1.807, 2.05) is 11.8 Å². The molecule has 20 heavy (non-hydrogen) atoms. The summed E-state index contributed by atoms with van der Waals surface area (Å²) in [6, 6.07) is 3.06. The van der Waals surface area contributed by atoms with E-state index >= 15 is 0 Å². The first-order chi connectivity index (χ1) is 9.60. The average molecular weight is 294 g/mol. The minimum Gasteiger partial charge on any atom is -0.477 e. The molecule has 1 aliphatic rings. The first-order valence-electron chi connectivity index (χ1n) is 6.63. The molecule has 1 aromatic rings. The summed E-state index contributed by atoms with van der Waals surface area (Å²) >= 11 is 1.89. The van der Waals surface area contributed by atoms with Crippen LogP contribution in [0.3, 0.4) is 0 Å². The number of hydrogen-bond acceptors (Lipinski definition) is 4. The molecular formula is C14H18N2O3S. The lowest BCUT2D eigenvalue weighted by Gasteiger charge is -2.28. The van der Waals surface area contributed by atoms with Crippen LogP contribution in [-0.4, -0.2) is 39.5 Å². The Morgan fingerprint density at radius 2 is 2.00 bits per heavy atom. The number of hydrogen-bond donors (Lipinski definition) is 2. The van der Waals surface area contributed by atoms with Gasteiger partial charge in [-0.15, -0.1) is 0 Å². The predicted octanol–water partition coefficient (Wildman–Crippen LogP) is 2.18. The lowest BCUT2D eigenvalue weighted by Crippen LogP contribution is -2.38. The summed E-state index contributed by atoms with van der Waals surface area (Å²) in [5.74, 6) is -1.27. The Morgan fingerprint density at radius 3 is 2.50 bits per heavy atom. The normalized spacial score (nSPS) is 22.2. The van der Waals surface area contributed by atoms with E-state index in [1.54, 1.807) is 0 Å². The summed E-state index contributed by atoms with van der Waals surface area (Å²) < 4.78 is 0. The van der Waals surface area contributed by atoms with E-state index < -0.39 is 5.97 Å². The van der Waals surface area contributed by atoms with Crippen molar-refractivity contribution in [2.24, 2.45) is 0 Å². The highest BCUT2D eigenvalue weighted by molar-refractivity contribution is 7.99. The molecule has 0 atom stereocenters. The van der Waals surface area contributed by atoms with Crippen molar-refractivity contribution in [3.8, 4) is 0 Å². The second-order valence-corrected chi connectivity index (χ2v) is 6.06. The molecule has 0 saturated heterocycles. The molecule has 0 aliphatic heterocycles. The van der Waals surface area contributed by atoms with Crippen molar-refractivity contribution < 1.29 is 14.7 Å². The number of carboxylic acids is 1. The quantitative estimate of drug-likeness (QED) is 0.890. The number of aromatic carboxylic acids is 1. The minimum absolute atomic E-state index is 0.0537. The topological polar surface area (TPSA) is 79.3 Å². The Morgan fingerprint density at radius 1 is 1.30 bits per heavy atom. The van der Waals surface area contributed by atoms with Crippen LogP contribution in [0, 0.1) is 0 Å². The third kappa shape index (κ3) is 3.72. The van der Waals surface area contributed by atoms with E-state index in [0.29, 0.717) is 10.8 Å². The van der Waals surface area contributed by atoms with Crippen molar-refractivity contribution in [1.82, 2.24) is 10.3 Å². The first kappa shape index (κ1) is 14.8. The molecule has 1 aliphatic carbocycles. The van der Waals surface area contributed by atoms with Gasteiger partial charge in [-0.25, -0.2) is 9.78 Å². The fourth-order valence-corrected chi connectivity index (χ4v) is 3.11. The Balaban J connectivity index is 1.90. The SMILES string of the molecule is CSC1CCC(NC(=O)c2ccc(C(=O)O)nc2)CC1. The molecule has 1 saturated carbocycles. The van der Waals surface area contributed by atoms with Crippen molar-refractivity contribution in [1.29, 1.82) is 0 Å². The van der Waals surface area contributed by atoms with Crippen molar-refractivity contribution in [3.05, 3.63) is 29.6 Å². The van der Waals surface area contributed by atoms with Gasteiger partial charge in [0, 0.05) is 17.5 Å². The second-order valence-electron chi connectivity index (χ2n) is 4.92. The number of carboxylic acid groups (broad SMARTS) is 1. The Bertz CT molecular complexity index is 482. The van der Waals surface area contributed by atoms with Gasteiger partial charge in [0.25, 0.3) is 5.91 Å². The number of thioether (sulfide) groups is 1. The highest BCUT2D eigenvalue weighted by Crippen LogP contribution is 2.26. The van der Waals surface area contributed by atoms with E-state index in [0.717, 1.165) is 25.7 Å². The molecule has 0 aromatic carbocycles. The van der Waals surface area contributed by atoms with Crippen LogP contribution in [0.25, 0.3) is 0 Å². The molecule has 108 valence electrons. The summed E-state index contributed by atoms with van der Waals surface area (Å²) in [7, 11) is 0. The van der Waals surface area contributed by atoms with E-state index in [2.05, 4.69) is 16.6 Å². The maximum atomic E-state index is 12.0. The van der Waals surface area contributed by atoms with Crippen molar-refractivity contribution in [3.63, 3.8) is 0 Å². The largest absolute Gasteiger partial charge is 0.477 e. The van der Waals surface area contributed by atoms with Gasteiger partial charge in [-0.05, 0) is 44.1 Å². The van der Waals surface area contributed by atoms with Gasteiger partial charge in [0.2, 0.25) is 0 Å². The van der Waals surface area contributed by atoms with E-state index in [1.165, 1.54) is 18.3 Å². The van der Waals surface area contributed by atoms with E-state index in [4.69, 9.17) is 5.11 Å². The fraction of sp³-hybridized carbons (Fsp3) is 0.500. The average Bonchev–Trinajstić information content (AvgIpc) is 2.48. The van der Waals surface area contributed by atoms with Gasteiger partial charge in [-0.2, -0.15) is 11.8 Å². The number of aromatic nitrogens is 1. The zero-order chi connectivity index (χ0) is 14.5. The maximum absolute atomic E-state index is 12.0. The molecule has 1 fully saturated rings. The summed E-state index contributed by atoms with van der Waals surface area (Å²) in [6.45, 7) is 0. The number of nitrogens with one attached hydrogen (secondary N) is 1. The second kappa shape index (κ2) is 6.74. The van der Waals surface area contributed by atoms with Crippen LogP contribution >= 0.6 is 11.8 Å². The van der Waals surface area contributed by atoms with Gasteiger partial charge in [0.05, 0.1) is 5.56 Å².